The lowest BCUT2D eigenvalue weighted by Crippen LogP contribution is -2.15. The van der Waals surface area contributed by atoms with Gasteiger partial charge in [0.1, 0.15) is 17.6 Å². The summed E-state index contributed by atoms with van der Waals surface area (Å²) in [4.78, 5) is 0. The number of nitrogens with two attached hydrogens (primary N) is 1. The lowest BCUT2D eigenvalue weighted by atomic mass is 10.1. The van der Waals surface area contributed by atoms with Crippen molar-refractivity contribution in [3.05, 3.63) is 60.2 Å². The molecule has 5 heteroatoms. The molecule has 0 saturated carbocycles. The Balaban J connectivity index is 2.06. The summed E-state index contributed by atoms with van der Waals surface area (Å²) in [6.07, 6.45) is 0. The quantitative estimate of drug-likeness (QED) is 0.651. The normalized spacial score (nSPS) is 13.7. The number of benzene rings is 2. The fourth-order valence-corrected chi connectivity index (χ4v) is 2.25. The van der Waals surface area contributed by atoms with Crippen LogP contribution in [-0.2, 0) is 11.1 Å². The first-order valence-electron chi connectivity index (χ1n) is 5.80. The third kappa shape index (κ3) is 3.81. The molecular formula is C14H15NO3S. The molecule has 0 aliphatic carbocycles. The highest BCUT2D eigenvalue weighted by atomic mass is 32.2. The number of hydrogen-bond donors (Lipinski definition) is 2. The van der Waals surface area contributed by atoms with Crippen LogP contribution in [-0.4, -0.2) is 15.4 Å². The topological polar surface area (TPSA) is 72.5 Å². The molecule has 2 rings (SSSR count). The van der Waals surface area contributed by atoms with Crippen LogP contribution in [0.5, 0.6) is 5.75 Å². The van der Waals surface area contributed by atoms with Gasteiger partial charge in [0, 0.05) is 5.69 Å². The van der Waals surface area contributed by atoms with Gasteiger partial charge < -0.3 is 15.0 Å². The maximum atomic E-state index is 11.4. The Labute approximate surface area is 114 Å². The first-order valence-corrected chi connectivity index (χ1v) is 6.97. The molecule has 0 fully saturated rings. The smallest absolute Gasteiger partial charge is 0.164 e. The van der Waals surface area contributed by atoms with Gasteiger partial charge in [0.25, 0.3) is 0 Å². The van der Waals surface area contributed by atoms with Crippen LogP contribution in [0.25, 0.3) is 0 Å². The van der Waals surface area contributed by atoms with Crippen LogP contribution < -0.4 is 10.5 Å². The molecule has 0 radical (unpaired) electrons. The van der Waals surface area contributed by atoms with Gasteiger partial charge in [0.15, 0.2) is 11.1 Å². The van der Waals surface area contributed by atoms with Gasteiger partial charge >= 0.3 is 0 Å². The van der Waals surface area contributed by atoms with E-state index < -0.39 is 16.3 Å². The van der Waals surface area contributed by atoms with Gasteiger partial charge in [0.05, 0.1) is 0 Å². The Morgan fingerprint density at radius 1 is 1.11 bits per heavy atom. The molecule has 19 heavy (non-hydrogen) atoms. The van der Waals surface area contributed by atoms with E-state index in [1.54, 1.807) is 24.3 Å². The fourth-order valence-electron chi connectivity index (χ4n) is 1.67. The SMILES string of the molecule is Nc1ccc(OCC(c2ccccc2)S(=O)O)cc1. The first kappa shape index (κ1) is 13.6. The fraction of sp³-hybridized carbons (Fsp3) is 0.143. The van der Waals surface area contributed by atoms with Crippen LogP contribution in [0.2, 0.25) is 0 Å². The molecule has 0 aliphatic rings. The minimum absolute atomic E-state index is 0.136. The molecule has 2 atom stereocenters. The summed E-state index contributed by atoms with van der Waals surface area (Å²) >= 11 is -1.98. The number of ether oxygens (including phenoxy) is 1. The molecule has 2 aromatic carbocycles. The number of rotatable bonds is 5. The van der Waals surface area contributed by atoms with E-state index >= 15 is 0 Å². The van der Waals surface area contributed by atoms with Crippen molar-refractivity contribution in [2.75, 3.05) is 12.3 Å². The molecular weight excluding hydrogens is 262 g/mol. The maximum absolute atomic E-state index is 11.4. The van der Waals surface area contributed by atoms with Gasteiger partial charge in [0.2, 0.25) is 0 Å². The summed E-state index contributed by atoms with van der Waals surface area (Å²) in [6.45, 7) is 0.136. The van der Waals surface area contributed by atoms with Gasteiger partial charge in [-0.25, -0.2) is 4.21 Å². The van der Waals surface area contributed by atoms with Crippen LogP contribution in [0, 0.1) is 0 Å². The molecule has 0 saturated heterocycles. The van der Waals surface area contributed by atoms with Crippen molar-refractivity contribution in [2.45, 2.75) is 5.25 Å². The van der Waals surface area contributed by atoms with Crippen molar-refractivity contribution in [3.8, 4) is 5.75 Å². The van der Waals surface area contributed by atoms with Crippen molar-refractivity contribution in [1.29, 1.82) is 0 Å². The average Bonchev–Trinajstić information content (AvgIpc) is 2.42. The average molecular weight is 277 g/mol. The Morgan fingerprint density at radius 2 is 1.74 bits per heavy atom. The molecule has 0 spiro atoms. The summed E-state index contributed by atoms with van der Waals surface area (Å²) in [7, 11) is 0. The zero-order chi connectivity index (χ0) is 13.7. The lowest BCUT2D eigenvalue weighted by Gasteiger charge is -2.14. The molecule has 4 nitrogen and oxygen atoms in total. The molecule has 2 aromatic rings. The Morgan fingerprint density at radius 3 is 2.32 bits per heavy atom. The molecule has 100 valence electrons. The van der Waals surface area contributed by atoms with Gasteiger partial charge in [-0.3, -0.25) is 0 Å². The van der Waals surface area contributed by atoms with Crippen LogP contribution in [0.1, 0.15) is 10.8 Å². The third-order valence-corrected chi connectivity index (χ3v) is 3.59. The summed E-state index contributed by atoms with van der Waals surface area (Å²) in [6, 6.07) is 16.1. The molecule has 0 bridgehead atoms. The lowest BCUT2D eigenvalue weighted by molar-refractivity contribution is 0.312. The predicted molar refractivity (Wildman–Crippen MR) is 76.3 cm³/mol. The molecule has 0 aromatic heterocycles. The van der Waals surface area contributed by atoms with Gasteiger partial charge in [-0.2, -0.15) is 0 Å². The van der Waals surface area contributed by atoms with E-state index in [-0.39, 0.29) is 6.61 Å². The zero-order valence-electron chi connectivity index (χ0n) is 10.2. The largest absolute Gasteiger partial charge is 0.492 e. The molecule has 0 heterocycles. The second kappa shape index (κ2) is 6.36. The Hall–Kier alpha value is -1.85. The molecule has 3 N–H and O–H groups in total. The van der Waals surface area contributed by atoms with Crippen molar-refractivity contribution >= 4 is 16.8 Å². The highest BCUT2D eigenvalue weighted by molar-refractivity contribution is 7.79. The molecule has 2 unspecified atom stereocenters. The van der Waals surface area contributed by atoms with Crippen molar-refractivity contribution in [2.24, 2.45) is 0 Å². The van der Waals surface area contributed by atoms with E-state index in [1.807, 2.05) is 30.3 Å². The highest BCUT2D eigenvalue weighted by Gasteiger charge is 2.18. The number of hydrogen-bond acceptors (Lipinski definition) is 3. The third-order valence-electron chi connectivity index (χ3n) is 2.70. The van der Waals surface area contributed by atoms with E-state index in [0.29, 0.717) is 11.4 Å². The zero-order valence-corrected chi connectivity index (χ0v) is 11.0. The van der Waals surface area contributed by atoms with Gasteiger partial charge in [-0.15, -0.1) is 0 Å². The summed E-state index contributed by atoms with van der Waals surface area (Å²) in [5.74, 6) is 0.626. The van der Waals surface area contributed by atoms with Crippen molar-refractivity contribution in [3.63, 3.8) is 0 Å². The van der Waals surface area contributed by atoms with E-state index in [0.717, 1.165) is 5.56 Å². The monoisotopic (exact) mass is 277 g/mol. The van der Waals surface area contributed by atoms with Crippen LogP contribution >= 0.6 is 0 Å². The summed E-state index contributed by atoms with van der Waals surface area (Å²) in [5, 5.41) is -0.571. The van der Waals surface area contributed by atoms with Gasteiger partial charge in [-0.05, 0) is 29.8 Å². The van der Waals surface area contributed by atoms with Gasteiger partial charge in [-0.1, -0.05) is 30.3 Å². The number of anilines is 1. The number of nitrogen functional groups attached to an aromatic ring is 1. The Kier molecular flexibility index (Phi) is 4.54. The predicted octanol–water partition coefficient (Wildman–Crippen LogP) is 2.61. The minimum Gasteiger partial charge on any atom is -0.492 e. The van der Waals surface area contributed by atoms with E-state index in [9.17, 15) is 8.76 Å². The van der Waals surface area contributed by atoms with Crippen molar-refractivity contribution < 1.29 is 13.5 Å². The first-order chi connectivity index (χ1) is 9.16. The van der Waals surface area contributed by atoms with Crippen LogP contribution in [0.15, 0.2) is 54.6 Å². The van der Waals surface area contributed by atoms with Crippen molar-refractivity contribution in [1.82, 2.24) is 0 Å². The maximum Gasteiger partial charge on any atom is 0.164 e. The summed E-state index contributed by atoms with van der Waals surface area (Å²) < 4.78 is 26.3. The van der Waals surface area contributed by atoms with E-state index in [4.69, 9.17) is 10.5 Å². The minimum atomic E-state index is -1.98. The second-order valence-electron chi connectivity index (χ2n) is 4.06. The van der Waals surface area contributed by atoms with Crippen LogP contribution in [0.3, 0.4) is 0 Å². The highest BCUT2D eigenvalue weighted by Crippen LogP contribution is 2.21. The van der Waals surface area contributed by atoms with E-state index in [1.165, 1.54) is 0 Å². The standard InChI is InChI=1S/C14H15NO3S/c15-12-6-8-13(9-7-12)18-10-14(19(16)17)11-4-2-1-3-5-11/h1-9,14H,10,15H2,(H,16,17). The van der Waals surface area contributed by atoms with Crippen LogP contribution in [0.4, 0.5) is 5.69 Å². The summed E-state index contributed by atoms with van der Waals surface area (Å²) in [5.41, 5.74) is 7.01. The van der Waals surface area contributed by atoms with E-state index in [2.05, 4.69) is 0 Å². The molecule has 0 aliphatic heterocycles. The molecule has 0 amide bonds. The Bertz CT molecular complexity index is 542. The second-order valence-corrected chi connectivity index (χ2v) is 5.18.